The lowest BCUT2D eigenvalue weighted by Gasteiger charge is -2.32. The summed E-state index contributed by atoms with van der Waals surface area (Å²) in [7, 11) is 0. The average molecular weight is 374 g/mol. The highest BCUT2D eigenvalue weighted by atomic mass is 16.5. The first-order chi connectivity index (χ1) is 12.9. The van der Waals surface area contributed by atoms with Crippen LogP contribution in [0, 0.1) is 11.8 Å². The number of esters is 1. The number of carbonyl (C=O) groups excluding carboxylic acids is 3. The Kier molecular flexibility index (Phi) is 7.82. The molecule has 1 aliphatic rings. The number of ether oxygens (including phenoxy) is 1. The van der Waals surface area contributed by atoms with Gasteiger partial charge in [-0.05, 0) is 49.8 Å². The average Bonchev–Trinajstić information content (AvgIpc) is 2.67. The Morgan fingerprint density at radius 3 is 2.44 bits per heavy atom. The van der Waals surface area contributed by atoms with Crippen molar-refractivity contribution in [2.45, 2.75) is 46.5 Å². The zero-order valence-electron chi connectivity index (χ0n) is 16.5. The van der Waals surface area contributed by atoms with Crippen LogP contribution in [-0.2, 0) is 9.59 Å². The number of nitrogens with one attached hydrogen (secondary N) is 1. The molecule has 1 saturated heterocycles. The lowest BCUT2D eigenvalue weighted by atomic mass is 9.95. The normalized spacial score (nSPS) is 14.9. The first kappa shape index (κ1) is 20.9. The maximum absolute atomic E-state index is 12.7. The van der Waals surface area contributed by atoms with E-state index in [-0.39, 0.29) is 17.7 Å². The second-order valence-electron chi connectivity index (χ2n) is 7.12. The molecule has 0 bridgehead atoms. The minimum atomic E-state index is -0.407. The Bertz CT molecular complexity index is 662. The molecule has 1 N–H and O–H groups in total. The summed E-state index contributed by atoms with van der Waals surface area (Å²) in [6.07, 6.45) is 3.47. The van der Waals surface area contributed by atoms with Crippen LogP contribution in [0.15, 0.2) is 24.3 Å². The monoisotopic (exact) mass is 374 g/mol. The fourth-order valence-corrected chi connectivity index (χ4v) is 3.43. The van der Waals surface area contributed by atoms with E-state index in [0.717, 1.165) is 25.7 Å². The van der Waals surface area contributed by atoms with E-state index in [1.54, 1.807) is 24.3 Å². The van der Waals surface area contributed by atoms with Gasteiger partial charge in [0.25, 0.3) is 5.91 Å². The van der Waals surface area contributed by atoms with Crippen LogP contribution in [-0.4, -0.2) is 42.3 Å². The zero-order valence-corrected chi connectivity index (χ0v) is 16.5. The second kappa shape index (κ2) is 10.1. The van der Waals surface area contributed by atoms with Gasteiger partial charge in [-0.25, -0.2) is 0 Å². The smallest absolute Gasteiger partial charge is 0.308 e. The van der Waals surface area contributed by atoms with Gasteiger partial charge in [-0.2, -0.15) is 0 Å². The van der Waals surface area contributed by atoms with Crippen LogP contribution >= 0.6 is 0 Å². The third-order valence-corrected chi connectivity index (χ3v) is 5.17. The Morgan fingerprint density at radius 1 is 1.19 bits per heavy atom. The van der Waals surface area contributed by atoms with Gasteiger partial charge >= 0.3 is 5.97 Å². The number of carbonyl (C=O) groups is 3. The van der Waals surface area contributed by atoms with Gasteiger partial charge in [0.1, 0.15) is 5.75 Å². The van der Waals surface area contributed by atoms with Crippen LogP contribution < -0.4 is 10.1 Å². The van der Waals surface area contributed by atoms with E-state index >= 15 is 0 Å². The summed E-state index contributed by atoms with van der Waals surface area (Å²) < 4.78 is 5.05. The SMILES string of the molecule is CCC(CC)C(=O)NCC1CCN(C(=O)c2cccc(OC(C)=O)c2)CC1. The number of hydrogen-bond acceptors (Lipinski definition) is 4. The van der Waals surface area contributed by atoms with Crippen molar-refractivity contribution >= 4 is 17.8 Å². The molecule has 0 unspecified atom stereocenters. The maximum Gasteiger partial charge on any atom is 0.308 e. The molecule has 6 nitrogen and oxygen atoms in total. The summed E-state index contributed by atoms with van der Waals surface area (Å²) in [6.45, 7) is 7.42. The molecule has 0 aromatic heterocycles. The summed E-state index contributed by atoms with van der Waals surface area (Å²) in [6, 6.07) is 6.71. The molecule has 1 aromatic carbocycles. The number of amides is 2. The lowest BCUT2D eigenvalue weighted by Crippen LogP contribution is -2.42. The summed E-state index contributed by atoms with van der Waals surface area (Å²) >= 11 is 0. The zero-order chi connectivity index (χ0) is 19.8. The van der Waals surface area contributed by atoms with Crippen LogP contribution in [0.1, 0.15) is 56.8 Å². The minimum Gasteiger partial charge on any atom is -0.427 e. The molecule has 2 amide bonds. The number of benzene rings is 1. The standard InChI is InChI=1S/C21H30N2O4/c1-4-17(5-2)20(25)22-14-16-9-11-23(12-10-16)21(26)18-7-6-8-19(13-18)27-15(3)24/h6-8,13,16-17H,4-5,9-12,14H2,1-3H3,(H,22,25). The van der Waals surface area contributed by atoms with E-state index in [0.29, 0.717) is 36.9 Å². The fourth-order valence-electron chi connectivity index (χ4n) is 3.43. The van der Waals surface area contributed by atoms with Gasteiger partial charge in [-0.15, -0.1) is 0 Å². The van der Waals surface area contributed by atoms with Gasteiger partial charge in [0, 0.05) is 38.0 Å². The van der Waals surface area contributed by atoms with Gasteiger partial charge < -0.3 is 15.0 Å². The molecule has 27 heavy (non-hydrogen) atoms. The Balaban J connectivity index is 1.84. The van der Waals surface area contributed by atoms with Gasteiger partial charge in [-0.3, -0.25) is 14.4 Å². The number of rotatable bonds is 7. The van der Waals surface area contributed by atoms with E-state index in [4.69, 9.17) is 4.74 Å². The Labute approximate surface area is 161 Å². The van der Waals surface area contributed by atoms with Crippen molar-refractivity contribution in [3.05, 3.63) is 29.8 Å². The molecule has 0 saturated carbocycles. The first-order valence-electron chi connectivity index (χ1n) is 9.80. The van der Waals surface area contributed by atoms with E-state index in [1.807, 2.05) is 18.7 Å². The molecular weight excluding hydrogens is 344 g/mol. The number of likely N-dealkylation sites (tertiary alicyclic amines) is 1. The van der Waals surface area contributed by atoms with Crippen molar-refractivity contribution in [3.63, 3.8) is 0 Å². The van der Waals surface area contributed by atoms with Crippen molar-refractivity contribution in [1.82, 2.24) is 10.2 Å². The fraction of sp³-hybridized carbons (Fsp3) is 0.571. The summed E-state index contributed by atoms with van der Waals surface area (Å²) in [4.78, 5) is 37.7. The van der Waals surface area contributed by atoms with Crippen LogP contribution in [0.2, 0.25) is 0 Å². The van der Waals surface area contributed by atoms with E-state index in [2.05, 4.69) is 5.32 Å². The number of nitrogens with zero attached hydrogens (tertiary/aromatic N) is 1. The number of hydrogen-bond donors (Lipinski definition) is 1. The Hall–Kier alpha value is -2.37. The topological polar surface area (TPSA) is 75.7 Å². The molecule has 1 fully saturated rings. The maximum atomic E-state index is 12.7. The molecule has 2 rings (SSSR count). The van der Waals surface area contributed by atoms with Gasteiger partial charge in [-0.1, -0.05) is 19.9 Å². The lowest BCUT2D eigenvalue weighted by molar-refractivity contribution is -0.132. The second-order valence-corrected chi connectivity index (χ2v) is 7.12. The van der Waals surface area contributed by atoms with Crippen molar-refractivity contribution < 1.29 is 19.1 Å². The molecule has 148 valence electrons. The predicted octanol–water partition coefficient (Wildman–Crippen LogP) is 3.02. The van der Waals surface area contributed by atoms with Gasteiger partial charge in [0.05, 0.1) is 0 Å². The molecule has 6 heteroatoms. The van der Waals surface area contributed by atoms with Gasteiger partial charge in [0.2, 0.25) is 5.91 Å². The van der Waals surface area contributed by atoms with E-state index < -0.39 is 5.97 Å². The van der Waals surface area contributed by atoms with Crippen LogP contribution in [0.3, 0.4) is 0 Å². The molecular formula is C21H30N2O4. The highest BCUT2D eigenvalue weighted by Crippen LogP contribution is 2.21. The molecule has 0 aliphatic carbocycles. The predicted molar refractivity (Wildman–Crippen MR) is 103 cm³/mol. The molecule has 0 spiro atoms. The Morgan fingerprint density at radius 2 is 1.85 bits per heavy atom. The highest BCUT2D eigenvalue weighted by molar-refractivity contribution is 5.94. The van der Waals surface area contributed by atoms with E-state index in [1.165, 1.54) is 6.92 Å². The third kappa shape index (κ3) is 6.08. The molecule has 0 atom stereocenters. The molecule has 0 radical (unpaired) electrons. The first-order valence-corrected chi connectivity index (χ1v) is 9.80. The van der Waals surface area contributed by atoms with E-state index in [9.17, 15) is 14.4 Å². The van der Waals surface area contributed by atoms with Crippen LogP contribution in [0.5, 0.6) is 5.75 Å². The quantitative estimate of drug-likeness (QED) is 0.588. The highest BCUT2D eigenvalue weighted by Gasteiger charge is 2.25. The van der Waals surface area contributed by atoms with Crippen LogP contribution in [0.25, 0.3) is 0 Å². The molecule has 1 aliphatic heterocycles. The minimum absolute atomic E-state index is 0.0523. The van der Waals surface area contributed by atoms with Crippen molar-refractivity contribution in [1.29, 1.82) is 0 Å². The third-order valence-electron chi connectivity index (χ3n) is 5.17. The molecule has 1 heterocycles. The largest absolute Gasteiger partial charge is 0.427 e. The summed E-state index contributed by atoms with van der Waals surface area (Å²) in [5, 5.41) is 3.06. The molecule has 1 aromatic rings. The van der Waals surface area contributed by atoms with Gasteiger partial charge in [0.15, 0.2) is 0 Å². The summed E-state index contributed by atoms with van der Waals surface area (Å²) in [5.41, 5.74) is 0.522. The number of piperidine rings is 1. The van der Waals surface area contributed by atoms with Crippen LogP contribution in [0.4, 0.5) is 0 Å². The van der Waals surface area contributed by atoms with Crippen molar-refractivity contribution in [2.24, 2.45) is 11.8 Å². The van der Waals surface area contributed by atoms with Crippen molar-refractivity contribution in [3.8, 4) is 5.75 Å². The van der Waals surface area contributed by atoms with Crippen molar-refractivity contribution in [2.75, 3.05) is 19.6 Å². The summed E-state index contributed by atoms with van der Waals surface area (Å²) in [5.74, 6) is 0.559.